The van der Waals surface area contributed by atoms with Crippen molar-refractivity contribution in [2.45, 2.75) is 47.2 Å². The van der Waals surface area contributed by atoms with Crippen LogP contribution in [0.5, 0.6) is 0 Å². The summed E-state index contributed by atoms with van der Waals surface area (Å²) in [6.45, 7) is 10.7. The Labute approximate surface area is 113 Å². The second-order valence-corrected chi connectivity index (χ2v) is 4.91. The highest BCUT2D eigenvalue weighted by Gasteiger charge is 2.13. The van der Waals surface area contributed by atoms with Crippen LogP contribution in [-0.2, 0) is 6.54 Å². The van der Waals surface area contributed by atoms with Crippen LogP contribution < -0.4 is 5.32 Å². The summed E-state index contributed by atoms with van der Waals surface area (Å²) < 4.78 is 4.95. The minimum atomic E-state index is 0.201. The minimum absolute atomic E-state index is 0.201. The van der Waals surface area contributed by atoms with E-state index in [1.54, 1.807) is 6.92 Å². The third-order valence-corrected chi connectivity index (χ3v) is 3.15. The SMILES string of the molecule is Cc1cc(C)c(C(C)NCc2noc(C)n2)c(C)n1. The van der Waals surface area contributed by atoms with Gasteiger partial charge < -0.3 is 9.84 Å². The van der Waals surface area contributed by atoms with E-state index < -0.39 is 0 Å². The molecule has 2 rings (SSSR count). The van der Waals surface area contributed by atoms with E-state index in [2.05, 4.69) is 40.4 Å². The van der Waals surface area contributed by atoms with Gasteiger partial charge in [-0.15, -0.1) is 0 Å². The predicted octanol–water partition coefficient (Wildman–Crippen LogP) is 2.55. The number of hydrogen-bond acceptors (Lipinski definition) is 5. The summed E-state index contributed by atoms with van der Waals surface area (Å²) in [5.41, 5.74) is 4.63. The van der Waals surface area contributed by atoms with Crippen LogP contribution in [0.3, 0.4) is 0 Å². The monoisotopic (exact) mass is 260 g/mol. The van der Waals surface area contributed by atoms with Gasteiger partial charge in [0.25, 0.3) is 0 Å². The first-order chi connectivity index (χ1) is 8.97. The summed E-state index contributed by atoms with van der Waals surface area (Å²) in [4.78, 5) is 8.70. The van der Waals surface area contributed by atoms with Gasteiger partial charge in [-0.1, -0.05) is 5.16 Å². The average Bonchev–Trinajstić information content (AvgIpc) is 2.71. The normalized spacial score (nSPS) is 12.7. The van der Waals surface area contributed by atoms with Crippen molar-refractivity contribution in [2.24, 2.45) is 0 Å². The van der Waals surface area contributed by atoms with Gasteiger partial charge in [0.1, 0.15) is 0 Å². The van der Waals surface area contributed by atoms with Gasteiger partial charge in [0.2, 0.25) is 5.89 Å². The molecule has 0 aliphatic heterocycles. The van der Waals surface area contributed by atoms with Crippen LogP contribution >= 0.6 is 0 Å². The summed E-state index contributed by atoms with van der Waals surface area (Å²) in [5, 5.41) is 7.28. The van der Waals surface area contributed by atoms with Crippen molar-refractivity contribution in [1.82, 2.24) is 20.4 Å². The number of nitrogens with zero attached hydrogens (tertiary/aromatic N) is 3. The summed E-state index contributed by atoms with van der Waals surface area (Å²) in [6.07, 6.45) is 0. The van der Waals surface area contributed by atoms with Crippen molar-refractivity contribution in [3.63, 3.8) is 0 Å². The molecule has 1 N–H and O–H groups in total. The molecule has 1 unspecified atom stereocenters. The van der Waals surface area contributed by atoms with E-state index in [0.717, 1.165) is 11.4 Å². The lowest BCUT2D eigenvalue weighted by atomic mass is 10.0. The highest BCUT2D eigenvalue weighted by Crippen LogP contribution is 2.21. The molecule has 5 heteroatoms. The van der Waals surface area contributed by atoms with Crippen LogP contribution in [0.25, 0.3) is 0 Å². The second-order valence-electron chi connectivity index (χ2n) is 4.91. The van der Waals surface area contributed by atoms with Gasteiger partial charge in [-0.25, -0.2) is 0 Å². The van der Waals surface area contributed by atoms with Crippen LogP contribution in [-0.4, -0.2) is 15.1 Å². The van der Waals surface area contributed by atoms with Gasteiger partial charge in [0.15, 0.2) is 5.82 Å². The second kappa shape index (κ2) is 5.48. The van der Waals surface area contributed by atoms with Crippen molar-refractivity contribution in [3.8, 4) is 0 Å². The Morgan fingerprint density at radius 1 is 1.21 bits per heavy atom. The number of aryl methyl sites for hydroxylation is 4. The number of nitrogens with one attached hydrogen (secondary N) is 1. The molecule has 0 spiro atoms. The van der Waals surface area contributed by atoms with Crippen molar-refractivity contribution >= 4 is 0 Å². The smallest absolute Gasteiger partial charge is 0.223 e. The maximum Gasteiger partial charge on any atom is 0.223 e. The van der Waals surface area contributed by atoms with E-state index >= 15 is 0 Å². The first kappa shape index (κ1) is 13.7. The van der Waals surface area contributed by atoms with Crippen molar-refractivity contribution < 1.29 is 4.52 Å². The fourth-order valence-corrected chi connectivity index (χ4v) is 2.45. The molecule has 0 fully saturated rings. The lowest BCUT2D eigenvalue weighted by Gasteiger charge is -2.18. The Balaban J connectivity index is 2.10. The summed E-state index contributed by atoms with van der Waals surface area (Å²) >= 11 is 0. The standard InChI is InChI=1S/C14H20N4O/c1-8-6-9(2)16-11(4)14(8)10(3)15-7-13-17-12(5)19-18-13/h6,10,15H,7H2,1-5H3. The van der Waals surface area contributed by atoms with Gasteiger partial charge in [-0.3, -0.25) is 4.98 Å². The van der Waals surface area contributed by atoms with Crippen molar-refractivity contribution in [1.29, 1.82) is 0 Å². The molecule has 0 aliphatic rings. The van der Waals surface area contributed by atoms with Crippen molar-refractivity contribution in [2.75, 3.05) is 0 Å². The maximum absolute atomic E-state index is 4.95. The van der Waals surface area contributed by atoms with Crippen molar-refractivity contribution in [3.05, 3.63) is 40.3 Å². The first-order valence-electron chi connectivity index (χ1n) is 6.44. The number of aromatic nitrogens is 3. The van der Waals surface area contributed by atoms with Crippen LogP contribution in [0.2, 0.25) is 0 Å². The Hall–Kier alpha value is -1.75. The van der Waals surface area contributed by atoms with E-state index in [9.17, 15) is 0 Å². The molecule has 102 valence electrons. The van der Waals surface area contributed by atoms with Gasteiger partial charge in [0.05, 0.1) is 6.54 Å². The topological polar surface area (TPSA) is 63.8 Å². The summed E-state index contributed by atoms with van der Waals surface area (Å²) in [5.74, 6) is 1.27. The quantitative estimate of drug-likeness (QED) is 0.915. The zero-order chi connectivity index (χ0) is 14.0. The largest absolute Gasteiger partial charge is 0.340 e. The third-order valence-electron chi connectivity index (χ3n) is 3.15. The molecule has 1 atom stereocenters. The molecule has 0 saturated heterocycles. The van der Waals surface area contributed by atoms with Crippen LogP contribution in [0.1, 0.15) is 47.2 Å². The Kier molecular flexibility index (Phi) is 3.95. The zero-order valence-corrected chi connectivity index (χ0v) is 12.1. The molecule has 19 heavy (non-hydrogen) atoms. The Morgan fingerprint density at radius 2 is 1.95 bits per heavy atom. The maximum atomic E-state index is 4.95. The Morgan fingerprint density at radius 3 is 2.53 bits per heavy atom. The fourth-order valence-electron chi connectivity index (χ4n) is 2.45. The van der Waals surface area contributed by atoms with E-state index in [0.29, 0.717) is 18.3 Å². The fraction of sp³-hybridized carbons (Fsp3) is 0.500. The molecule has 0 aliphatic carbocycles. The van der Waals surface area contributed by atoms with E-state index in [-0.39, 0.29) is 6.04 Å². The predicted molar refractivity (Wildman–Crippen MR) is 72.7 cm³/mol. The first-order valence-corrected chi connectivity index (χ1v) is 6.44. The molecule has 2 heterocycles. The van der Waals surface area contributed by atoms with E-state index in [4.69, 9.17) is 4.52 Å². The van der Waals surface area contributed by atoms with E-state index in [1.807, 2.05) is 13.8 Å². The van der Waals surface area contributed by atoms with Crippen LogP contribution in [0.4, 0.5) is 0 Å². The van der Waals surface area contributed by atoms with E-state index in [1.165, 1.54) is 11.1 Å². The molecule has 0 amide bonds. The molecular weight excluding hydrogens is 240 g/mol. The van der Waals surface area contributed by atoms with Crippen LogP contribution in [0, 0.1) is 27.7 Å². The zero-order valence-electron chi connectivity index (χ0n) is 12.1. The Bertz CT molecular complexity index is 554. The molecule has 0 aromatic carbocycles. The summed E-state index contributed by atoms with van der Waals surface area (Å²) in [7, 11) is 0. The third kappa shape index (κ3) is 3.17. The molecule has 0 radical (unpaired) electrons. The minimum Gasteiger partial charge on any atom is -0.340 e. The number of rotatable bonds is 4. The van der Waals surface area contributed by atoms with Gasteiger partial charge in [-0.05, 0) is 44.9 Å². The highest BCUT2D eigenvalue weighted by molar-refractivity contribution is 5.33. The number of hydrogen-bond donors (Lipinski definition) is 1. The average molecular weight is 260 g/mol. The molecular formula is C14H20N4O. The van der Waals surface area contributed by atoms with Gasteiger partial charge >= 0.3 is 0 Å². The van der Waals surface area contributed by atoms with Gasteiger partial charge in [0, 0.05) is 24.4 Å². The van der Waals surface area contributed by atoms with Gasteiger partial charge in [-0.2, -0.15) is 4.98 Å². The molecule has 2 aromatic heterocycles. The lowest BCUT2D eigenvalue weighted by molar-refractivity contribution is 0.384. The lowest BCUT2D eigenvalue weighted by Crippen LogP contribution is -2.21. The molecule has 0 saturated carbocycles. The molecule has 5 nitrogen and oxygen atoms in total. The molecule has 0 bridgehead atoms. The molecule has 2 aromatic rings. The van der Waals surface area contributed by atoms with Crippen LogP contribution in [0.15, 0.2) is 10.6 Å². The summed E-state index contributed by atoms with van der Waals surface area (Å²) in [6, 6.07) is 2.31. The number of pyridine rings is 1. The highest BCUT2D eigenvalue weighted by atomic mass is 16.5.